The van der Waals surface area contributed by atoms with Gasteiger partial charge in [0.05, 0.1) is 25.0 Å². The summed E-state index contributed by atoms with van der Waals surface area (Å²) in [5.41, 5.74) is 4.03. The van der Waals surface area contributed by atoms with Gasteiger partial charge >= 0.3 is 0 Å². The van der Waals surface area contributed by atoms with Gasteiger partial charge in [-0.25, -0.2) is 0 Å². The summed E-state index contributed by atoms with van der Waals surface area (Å²) < 4.78 is 1.96. The molecule has 0 radical (unpaired) electrons. The fourth-order valence-corrected chi connectivity index (χ4v) is 4.12. The fourth-order valence-electron chi connectivity index (χ4n) is 4.12. The Morgan fingerprint density at radius 3 is 2.88 bits per heavy atom. The van der Waals surface area contributed by atoms with E-state index >= 15 is 0 Å². The van der Waals surface area contributed by atoms with Crippen LogP contribution in [0.2, 0.25) is 0 Å². The molecule has 4 rings (SSSR count). The van der Waals surface area contributed by atoms with E-state index in [4.69, 9.17) is 5.11 Å². The second kappa shape index (κ2) is 7.05. The molecule has 0 saturated carbocycles. The summed E-state index contributed by atoms with van der Waals surface area (Å²) in [6, 6.07) is 11.4. The van der Waals surface area contributed by atoms with Gasteiger partial charge in [0.15, 0.2) is 0 Å². The standard InChI is InChI=1S/C19H26N4O/c24-10-9-23-19-15-21(13-17(19)11-20-23)14-18-7-4-8-22(18)12-16-5-2-1-3-6-16/h1-3,5-6,11,18,24H,4,7-10,12-15H2/t18-/m1/s1. The summed E-state index contributed by atoms with van der Waals surface area (Å²) in [5, 5.41) is 13.5. The highest BCUT2D eigenvalue weighted by atomic mass is 16.3. The third-order valence-corrected chi connectivity index (χ3v) is 5.31. The molecule has 1 fully saturated rings. The van der Waals surface area contributed by atoms with Crippen molar-refractivity contribution in [1.82, 2.24) is 19.6 Å². The molecule has 2 aliphatic heterocycles. The van der Waals surface area contributed by atoms with Crippen LogP contribution in [0.4, 0.5) is 0 Å². The molecule has 0 aliphatic carbocycles. The van der Waals surface area contributed by atoms with Gasteiger partial charge in [0.1, 0.15) is 0 Å². The van der Waals surface area contributed by atoms with Crippen LogP contribution in [0.25, 0.3) is 0 Å². The molecule has 1 aromatic carbocycles. The van der Waals surface area contributed by atoms with Gasteiger partial charge in [-0.3, -0.25) is 14.5 Å². The van der Waals surface area contributed by atoms with Crippen LogP contribution >= 0.6 is 0 Å². The zero-order chi connectivity index (χ0) is 16.4. The Morgan fingerprint density at radius 1 is 1.17 bits per heavy atom. The quantitative estimate of drug-likeness (QED) is 0.880. The van der Waals surface area contributed by atoms with Crippen LogP contribution in [-0.2, 0) is 26.2 Å². The van der Waals surface area contributed by atoms with Gasteiger partial charge < -0.3 is 5.11 Å². The lowest BCUT2D eigenvalue weighted by molar-refractivity contribution is 0.164. The summed E-state index contributed by atoms with van der Waals surface area (Å²) in [7, 11) is 0. The normalized spacial score (nSPS) is 21.5. The third kappa shape index (κ3) is 3.24. The molecule has 2 aliphatic rings. The van der Waals surface area contributed by atoms with Crippen LogP contribution in [0.3, 0.4) is 0 Å². The van der Waals surface area contributed by atoms with E-state index in [2.05, 4.69) is 45.2 Å². The number of aliphatic hydroxyl groups excluding tert-OH is 1. The van der Waals surface area contributed by atoms with Crippen LogP contribution in [0.15, 0.2) is 36.5 Å². The van der Waals surface area contributed by atoms with Crippen LogP contribution in [0.1, 0.15) is 29.7 Å². The van der Waals surface area contributed by atoms with Crippen LogP contribution in [-0.4, -0.2) is 50.4 Å². The molecular formula is C19H26N4O. The molecular weight excluding hydrogens is 300 g/mol. The minimum absolute atomic E-state index is 0.154. The minimum atomic E-state index is 0.154. The summed E-state index contributed by atoms with van der Waals surface area (Å²) in [6.45, 7) is 6.11. The number of aliphatic hydroxyl groups is 1. The zero-order valence-corrected chi connectivity index (χ0v) is 14.1. The SMILES string of the molecule is OCCn1ncc2c1CN(C[C@H]1CCCN1Cc1ccccc1)C2. The van der Waals surface area contributed by atoms with Gasteiger partial charge in [-0.2, -0.15) is 5.10 Å². The number of fused-ring (bicyclic) bond motifs is 1. The molecule has 3 heterocycles. The van der Waals surface area contributed by atoms with Crippen molar-refractivity contribution in [1.29, 1.82) is 0 Å². The number of nitrogens with zero attached hydrogens (tertiary/aromatic N) is 4. The maximum absolute atomic E-state index is 9.16. The number of rotatable bonds is 6. The van der Waals surface area contributed by atoms with Crippen molar-refractivity contribution in [3.63, 3.8) is 0 Å². The molecule has 0 unspecified atom stereocenters. The van der Waals surface area contributed by atoms with E-state index in [0.717, 1.165) is 26.2 Å². The Kier molecular flexibility index (Phi) is 4.65. The number of aromatic nitrogens is 2. The van der Waals surface area contributed by atoms with E-state index < -0.39 is 0 Å². The predicted molar refractivity (Wildman–Crippen MR) is 93.3 cm³/mol. The highest BCUT2D eigenvalue weighted by Gasteiger charge is 2.30. The lowest BCUT2D eigenvalue weighted by Crippen LogP contribution is -2.38. The zero-order valence-electron chi connectivity index (χ0n) is 14.1. The fraction of sp³-hybridized carbons (Fsp3) is 0.526. The molecule has 5 heteroatoms. The molecule has 2 aromatic rings. The first-order valence-corrected chi connectivity index (χ1v) is 8.98. The molecule has 128 valence electrons. The maximum atomic E-state index is 9.16. The van der Waals surface area contributed by atoms with Crippen molar-refractivity contribution >= 4 is 0 Å². The first kappa shape index (κ1) is 15.8. The second-order valence-corrected chi connectivity index (χ2v) is 6.98. The van der Waals surface area contributed by atoms with Crippen molar-refractivity contribution < 1.29 is 5.11 Å². The highest BCUT2D eigenvalue weighted by molar-refractivity contribution is 5.22. The average Bonchev–Trinajstić information content (AvgIpc) is 3.28. The van der Waals surface area contributed by atoms with Crippen molar-refractivity contribution in [2.75, 3.05) is 19.7 Å². The molecule has 0 bridgehead atoms. The molecule has 1 N–H and O–H groups in total. The first-order valence-electron chi connectivity index (χ1n) is 8.98. The number of hydrogen-bond donors (Lipinski definition) is 1. The van der Waals surface area contributed by atoms with E-state index in [1.807, 2.05) is 10.9 Å². The van der Waals surface area contributed by atoms with E-state index in [0.29, 0.717) is 12.6 Å². The maximum Gasteiger partial charge on any atom is 0.0644 e. The summed E-state index contributed by atoms with van der Waals surface area (Å²) in [6.07, 6.45) is 4.57. The van der Waals surface area contributed by atoms with Crippen LogP contribution in [0.5, 0.6) is 0 Å². The number of hydrogen-bond acceptors (Lipinski definition) is 4. The largest absolute Gasteiger partial charge is 0.394 e. The van der Waals surface area contributed by atoms with E-state index in [1.54, 1.807) is 0 Å². The minimum Gasteiger partial charge on any atom is -0.394 e. The number of likely N-dealkylation sites (tertiary alicyclic amines) is 1. The van der Waals surface area contributed by atoms with E-state index in [-0.39, 0.29) is 6.61 Å². The summed E-state index contributed by atoms with van der Waals surface area (Å²) in [4.78, 5) is 5.17. The first-order chi connectivity index (χ1) is 11.8. The Labute approximate surface area is 143 Å². The van der Waals surface area contributed by atoms with Crippen molar-refractivity contribution in [2.45, 2.75) is 45.1 Å². The molecule has 1 aromatic heterocycles. The summed E-state index contributed by atoms with van der Waals surface area (Å²) in [5.74, 6) is 0. The lowest BCUT2D eigenvalue weighted by Gasteiger charge is -2.28. The monoisotopic (exact) mass is 326 g/mol. The van der Waals surface area contributed by atoms with Crippen molar-refractivity contribution in [3.05, 3.63) is 53.3 Å². The van der Waals surface area contributed by atoms with Gasteiger partial charge in [0.25, 0.3) is 0 Å². The van der Waals surface area contributed by atoms with Gasteiger partial charge in [0.2, 0.25) is 0 Å². The van der Waals surface area contributed by atoms with Crippen LogP contribution < -0.4 is 0 Å². The topological polar surface area (TPSA) is 44.5 Å². The Bertz CT molecular complexity index is 669. The Hall–Kier alpha value is -1.69. The molecule has 1 saturated heterocycles. The van der Waals surface area contributed by atoms with Gasteiger partial charge in [-0.05, 0) is 24.9 Å². The molecule has 24 heavy (non-hydrogen) atoms. The molecule has 5 nitrogen and oxygen atoms in total. The predicted octanol–water partition coefficient (Wildman–Crippen LogP) is 1.86. The van der Waals surface area contributed by atoms with Crippen molar-refractivity contribution in [2.24, 2.45) is 0 Å². The van der Waals surface area contributed by atoms with Gasteiger partial charge in [-0.1, -0.05) is 30.3 Å². The highest BCUT2D eigenvalue weighted by Crippen LogP contribution is 2.26. The second-order valence-electron chi connectivity index (χ2n) is 6.98. The van der Waals surface area contributed by atoms with E-state index in [1.165, 1.54) is 36.2 Å². The molecule has 1 atom stereocenters. The van der Waals surface area contributed by atoms with Crippen molar-refractivity contribution in [3.8, 4) is 0 Å². The lowest BCUT2D eigenvalue weighted by atomic mass is 10.1. The van der Waals surface area contributed by atoms with Gasteiger partial charge in [0, 0.05) is 37.8 Å². The molecule has 0 spiro atoms. The summed E-state index contributed by atoms with van der Waals surface area (Å²) >= 11 is 0. The van der Waals surface area contributed by atoms with E-state index in [9.17, 15) is 0 Å². The average molecular weight is 326 g/mol. The molecule has 0 amide bonds. The Balaban J connectivity index is 1.37. The Morgan fingerprint density at radius 2 is 2.04 bits per heavy atom. The van der Waals surface area contributed by atoms with Crippen LogP contribution in [0, 0.1) is 0 Å². The third-order valence-electron chi connectivity index (χ3n) is 5.31. The smallest absolute Gasteiger partial charge is 0.0644 e. The van der Waals surface area contributed by atoms with Gasteiger partial charge in [-0.15, -0.1) is 0 Å². The number of benzene rings is 1.